The number of amides is 1. The molecule has 2 aromatic rings. The Morgan fingerprint density at radius 1 is 1.23 bits per heavy atom. The second-order valence-corrected chi connectivity index (χ2v) is 5.26. The van der Waals surface area contributed by atoms with E-state index in [1.807, 2.05) is 50.2 Å². The minimum absolute atomic E-state index is 0.0230. The first-order chi connectivity index (χ1) is 10.6. The van der Waals surface area contributed by atoms with Gasteiger partial charge in [-0.2, -0.15) is 0 Å². The molecule has 0 unspecified atom stereocenters. The van der Waals surface area contributed by atoms with E-state index in [0.717, 1.165) is 5.76 Å². The summed E-state index contributed by atoms with van der Waals surface area (Å²) in [4.78, 5) is 12.1. The number of nitrogens with one attached hydrogen (secondary N) is 2. The fourth-order valence-electron chi connectivity index (χ4n) is 2.33. The molecule has 1 amide bonds. The van der Waals surface area contributed by atoms with Gasteiger partial charge in [-0.15, -0.1) is 0 Å². The van der Waals surface area contributed by atoms with Gasteiger partial charge in [-0.1, -0.05) is 12.1 Å². The number of carbonyl (C=O) groups excluding carboxylic acids is 1. The summed E-state index contributed by atoms with van der Waals surface area (Å²) >= 11 is 0. The summed E-state index contributed by atoms with van der Waals surface area (Å²) in [5.74, 6) is 1.45. The van der Waals surface area contributed by atoms with E-state index in [2.05, 4.69) is 10.6 Å². The average molecular weight is 302 g/mol. The summed E-state index contributed by atoms with van der Waals surface area (Å²) in [5.41, 5.74) is 0.682. The molecule has 1 aromatic carbocycles. The number of para-hydroxylation sites is 2. The zero-order chi connectivity index (χ0) is 15.9. The van der Waals surface area contributed by atoms with Gasteiger partial charge in [0.25, 0.3) is 0 Å². The van der Waals surface area contributed by atoms with E-state index >= 15 is 0 Å². The Balaban J connectivity index is 1.86. The van der Waals surface area contributed by atoms with Crippen molar-refractivity contribution in [1.82, 2.24) is 5.32 Å². The van der Waals surface area contributed by atoms with Crippen LogP contribution >= 0.6 is 0 Å². The lowest BCUT2D eigenvalue weighted by atomic mass is 10.1. The lowest BCUT2D eigenvalue weighted by Crippen LogP contribution is -2.32. The summed E-state index contributed by atoms with van der Waals surface area (Å²) in [6, 6.07) is 11.2. The molecule has 0 aliphatic carbocycles. The van der Waals surface area contributed by atoms with Crippen LogP contribution in [0.3, 0.4) is 0 Å². The Morgan fingerprint density at radius 2 is 2.00 bits per heavy atom. The summed E-state index contributed by atoms with van der Waals surface area (Å²) in [6.07, 6.45) is 2.01. The molecule has 0 spiro atoms. The fourth-order valence-corrected chi connectivity index (χ4v) is 2.33. The summed E-state index contributed by atoms with van der Waals surface area (Å²) in [5, 5.41) is 6.21. The normalized spacial score (nSPS) is 13.4. The van der Waals surface area contributed by atoms with Gasteiger partial charge in [0.05, 0.1) is 25.1 Å². The lowest BCUT2D eigenvalue weighted by Gasteiger charge is -2.18. The molecule has 0 saturated carbocycles. The molecule has 0 saturated heterocycles. The number of carbonyl (C=O) groups is 1. The van der Waals surface area contributed by atoms with Crippen LogP contribution < -0.4 is 15.4 Å². The molecule has 1 heterocycles. The predicted octanol–water partition coefficient (Wildman–Crippen LogP) is 3.36. The molecule has 0 fully saturated rings. The quantitative estimate of drug-likeness (QED) is 0.823. The van der Waals surface area contributed by atoms with Crippen molar-refractivity contribution in [1.29, 1.82) is 0 Å². The maximum absolute atomic E-state index is 12.1. The Labute approximate surface area is 130 Å². The first kappa shape index (κ1) is 16.1. The van der Waals surface area contributed by atoms with Gasteiger partial charge < -0.3 is 19.8 Å². The van der Waals surface area contributed by atoms with Gasteiger partial charge in [0.1, 0.15) is 11.5 Å². The molecule has 0 aliphatic rings. The van der Waals surface area contributed by atoms with Gasteiger partial charge in [0.2, 0.25) is 5.91 Å². The number of benzene rings is 1. The lowest BCUT2D eigenvalue weighted by molar-refractivity contribution is -0.116. The van der Waals surface area contributed by atoms with Crippen LogP contribution in [0.1, 0.15) is 32.1 Å². The maximum atomic E-state index is 12.1. The number of ether oxygens (including phenoxy) is 1. The van der Waals surface area contributed by atoms with Crippen molar-refractivity contribution >= 4 is 11.6 Å². The summed E-state index contributed by atoms with van der Waals surface area (Å²) in [7, 11) is 1.58. The molecule has 22 heavy (non-hydrogen) atoms. The first-order valence-electron chi connectivity index (χ1n) is 7.32. The van der Waals surface area contributed by atoms with Crippen molar-refractivity contribution in [2.24, 2.45) is 0 Å². The van der Waals surface area contributed by atoms with Crippen LogP contribution in [0.2, 0.25) is 0 Å². The van der Waals surface area contributed by atoms with E-state index in [9.17, 15) is 4.79 Å². The Hall–Kier alpha value is -2.27. The van der Waals surface area contributed by atoms with Gasteiger partial charge in [-0.3, -0.25) is 4.79 Å². The molecule has 5 nitrogen and oxygen atoms in total. The molecule has 1 aromatic heterocycles. The Kier molecular flexibility index (Phi) is 5.61. The van der Waals surface area contributed by atoms with Crippen LogP contribution in [0.15, 0.2) is 47.1 Å². The molecular formula is C17H22N2O3. The second kappa shape index (κ2) is 7.66. The maximum Gasteiger partial charge on any atom is 0.226 e. The van der Waals surface area contributed by atoms with Crippen molar-refractivity contribution in [3.63, 3.8) is 0 Å². The second-order valence-electron chi connectivity index (χ2n) is 5.26. The van der Waals surface area contributed by atoms with E-state index in [1.165, 1.54) is 0 Å². The van der Waals surface area contributed by atoms with Gasteiger partial charge in [-0.05, 0) is 38.1 Å². The Morgan fingerprint density at radius 3 is 2.68 bits per heavy atom. The number of hydrogen-bond donors (Lipinski definition) is 2. The molecule has 0 bridgehead atoms. The third-order valence-corrected chi connectivity index (χ3v) is 3.38. The SMILES string of the molecule is COc1ccccc1NC(=O)C[C@H](C)N[C@@H](C)c1ccco1. The topological polar surface area (TPSA) is 63.5 Å². The van der Waals surface area contributed by atoms with Gasteiger partial charge in [0, 0.05) is 12.5 Å². The predicted molar refractivity (Wildman–Crippen MR) is 86.0 cm³/mol. The third-order valence-electron chi connectivity index (χ3n) is 3.38. The monoisotopic (exact) mass is 302 g/mol. The van der Waals surface area contributed by atoms with E-state index < -0.39 is 0 Å². The number of hydrogen-bond acceptors (Lipinski definition) is 4. The van der Waals surface area contributed by atoms with Gasteiger partial charge >= 0.3 is 0 Å². The van der Waals surface area contributed by atoms with E-state index in [-0.39, 0.29) is 18.0 Å². The number of anilines is 1. The third kappa shape index (κ3) is 4.36. The van der Waals surface area contributed by atoms with Crippen LogP contribution in [0, 0.1) is 0 Å². The summed E-state index contributed by atoms with van der Waals surface area (Å²) in [6.45, 7) is 3.98. The molecule has 0 radical (unpaired) electrons. The van der Waals surface area contributed by atoms with E-state index in [1.54, 1.807) is 13.4 Å². The van der Waals surface area contributed by atoms with Crippen LogP contribution in [0.4, 0.5) is 5.69 Å². The fraction of sp³-hybridized carbons (Fsp3) is 0.353. The summed E-state index contributed by atoms with van der Waals surface area (Å²) < 4.78 is 10.6. The zero-order valence-electron chi connectivity index (χ0n) is 13.1. The molecule has 2 atom stereocenters. The number of methoxy groups -OCH3 is 1. The highest BCUT2D eigenvalue weighted by Crippen LogP contribution is 2.23. The first-order valence-corrected chi connectivity index (χ1v) is 7.32. The van der Waals surface area contributed by atoms with Crippen LogP contribution in [0.5, 0.6) is 5.75 Å². The van der Waals surface area contributed by atoms with Crippen molar-refractivity contribution < 1.29 is 13.9 Å². The minimum Gasteiger partial charge on any atom is -0.495 e. The van der Waals surface area contributed by atoms with Gasteiger partial charge in [-0.25, -0.2) is 0 Å². The molecular weight excluding hydrogens is 280 g/mol. The molecule has 118 valence electrons. The highest BCUT2D eigenvalue weighted by atomic mass is 16.5. The van der Waals surface area contributed by atoms with Crippen LogP contribution in [-0.2, 0) is 4.79 Å². The number of rotatable bonds is 7. The molecule has 2 rings (SSSR count). The molecule has 0 aliphatic heterocycles. The van der Waals surface area contributed by atoms with E-state index in [4.69, 9.17) is 9.15 Å². The van der Waals surface area contributed by atoms with Gasteiger partial charge in [0.15, 0.2) is 0 Å². The number of furan rings is 1. The van der Waals surface area contributed by atoms with Crippen molar-refractivity contribution in [3.8, 4) is 5.75 Å². The zero-order valence-corrected chi connectivity index (χ0v) is 13.1. The highest BCUT2D eigenvalue weighted by molar-refractivity contribution is 5.92. The van der Waals surface area contributed by atoms with Crippen molar-refractivity contribution in [3.05, 3.63) is 48.4 Å². The highest BCUT2D eigenvalue weighted by Gasteiger charge is 2.15. The molecule has 2 N–H and O–H groups in total. The van der Waals surface area contributed by atoms with Crippen molar-refractivity contribution in [2.75, 3.05) is 12.4 Å². The standard InChI is InChI=1S/C17H22N2O3/c1-12(18-13(2)15-9-6-10-22-15)11-17(20)19-14-7-4-5-8-16(14)21-3/h4-10,12-13,18H,11H2,1-3H3,(H,19,20)/t12-,13-/m0/s1. The van der Waals surface area contributed by atoms with Crippen LogP contribution in [0.25, 0.3) is 0 Å². The van der Waals surface area contributed by atoms with E-state index in [0.29, 0.717) is 17.9 Å². The van der Waals surface area contributed by atoms with Crippen molar-refractivity contribution in [2.45, 2.75) is 32.4 Å². The minimum atomic E-state index is -0.0591. The Bertz CT molecular complexity index is 596. The average Bonchev–Trinajstić information content (AvgIpc) is 3.01. The largest absolute Gasteiger partial charge is 0.495 e. The smallest absolute Gasteiger partial charge is 0.226 e. The molecule has 5 heteroatoms. The van der Waals surface area contributed by atoms with Crippen LogP contribution in [-0.4, -0.2) is 19.1 Å².